The number of halogens is 1. The fraction of sp³-hybridized carbons (Fsp3) is 0.200. The van der Waals surface area contributed by atoms with Crippen molar-refractivity contribution in [2.75, 3.05) is 6.61 Å². The van der Waals surface area contributed by atoms with Crippen LogP contribution in [0.4, 0.5) is 0 Å². The Balaban J connectivity index is 1.22. The van der Waals surface area contributed by atoms with Crippen molar-refractivity contribution in [3.63, 3.8) is 0 Å². The van der Waals surface area contributed by atoms with Gasteiger partial charge in [-0.2, -0.15) is 0 Å². The Labute approximate surface area is 214 Å². The van der Waals surface area contributed by atoms with Crippen LogP contribution in [0, 0.1) is 0 Å². The molecule has 0 aromatic heterocycles. The van der Waals surface area contributed by atoms with E-state index in [0.717, 1.165) is 12.8 Å². The van der Waals surface area contributed by atoms with Gasteiger partial charge >= 0.3 is 5.97 Å². The Hall–Kier alpha value is -3.83. The average Bonchev–Trinajstić information content (AvgIpc) is 2.89. The third-order valence-electron chi connectivity index (χ3n) is 6.54. The minimum atomic E-state index is -0.901. The number of rotatable bonds is 8. The normalized spacial score (nSPS) is 14.6. The van der Waals surface area contributed by atoms with Crippen molar-refractivity contribution in [3.8, 4) is 17.2 Å². The minimum absolute atomic E-state index is 0.0849. The summed E-state index contributed by atoms with van der Waals surface area (Å²) in [6.45, 7) is 0.322. The molecular weight excluding hydrogens is 476 g/mol. The fourth-order valence-electron chi connectivity index (χ4n) is 4.65. The summed E-state index contributed by atoms with van der Waals surface area (Å²) in [5.74, 6) is -0.106. The highest BCUT2D eigenvalue weighted by atomic mass is 35.5. The fourth-order valence-corrected chi connectivity index (χ4v) is 4.87. The monoisotopic (exact) mass is 500 g/mol. The number of fused-ring (bicyclic) bond motifs is 2. The zero-order valence-corrected chi connectivity index (χ0v) is 20.3. The molecule has 4 aromatic rings. The van der Waals surface area contributed by atoms with E-state index in [9.17, 15) is 14.7 Å². The largest absolute Gasteiger partial charge is 0.493 e. The minimum Gasteiger partial charge on any atom is -0.493 e. The summed E-state index contributed by atoms with van der Waals surface area (Å²) < 4.78 is 11.5. The number of hydrogen-bond acceptors (Lipinski definition) is 4. The van der Waals surface area contributed by atoms with Crippen molar-refractivity contribution < 1.29 is 24.2 Å². The third kappa shape index (κ3) is 5.07. The molecule has 0 fully saturated rings. The van der Waals surface area contributed by atoms with Crippen LogP contribution in [-0.2, 0) is 11.2 Å². The van der Waals surface area contributed by atoms with Gasteiger partial charge in [0.1, 0.15) is 17.2 Å². The first kappa shape index (κ1) is 23.9. The molecule has 0 radical (unpaired) electrons. The van der Waals surface area contributed by atoms with Crippen molar-refractivity contribution in [3.05, 3.63) is 101 Å². The number of carbonyl (C=O) groups excluding carboxylic acids is 1. The van der Waals surface area contributed by atoms with Crippen molar-refractivity contribution >= 4 is 34.1 Å². The van der Waals surface area contributed by atoms with Gasteiger partial charge in [-0.25, -0.2) is 0 Å². The maximum atomic E-state index is 12.7. The number of Topliss-reactive ketones (excluding diaryl/α,β-unsaturated/α-hetero) is 1. The Morgan fingerprint density at radius 3 is 2.58 bits per heavy atom. The maximum Gasteiger partial charge on any atom is 0.311 e. The van der Waals surface area contributed by atoms with Crippen molar-refractivity contribution in [1.29, 1.82) is 0 Å². The lowest BCUT2D eigenvalue weighted by molar-refractivity contribution is -0.139. The summed E-state index contributed by atoms with van der Waals surface area (Å²) >= 11 is 6.38. The number of benzene rings is 4. The van der Waals surface area contributed by atoms with Gasteiger partial charge in [-0.15, -0.1) is 0 Å². The Morgan fingerprint density at radius 1 is 1.00 bits per heavy atom. The summed E-state index contributed by atoms with van der Waals surface area (Å²) in [7, 11) is 0. The van der Waals surface area contributed by atoms with E-state index in [1.165, 1.54) is 16.3 Å². The van der Waals surface area contributed by atoms with Crippen LogP contribution in [0.15, 0.2) is 78.9 Å². The molecule has 0 aliphatic carbocycles. The number of carbonyl (C=O) groups is 2. The number of ether oxygens (including phenoxy) is 2. The summed E-state index contributed by atoms with van der Waals surface area (Å²) in [4.78, 5) is 24.3. The van der Waals surface area contributed by atoms with E-state index < -0.39 is 11.9 Å². The third-order valence-corrected chi connectivity index (χ3v) is 6.83. The molecule has 0 spiro atoms. The molecule has 1 aliphatic rings. The van der Waals surface area contributed by atoms with Crippen LogP contribution in [-0.4, -0.2) is 23.5 Å². The van der Waals surface area contributed by atoms with Crippen LogP contribution >= 0.6 is 11.6 Å². The molecule has 1 heterocycles. The van der Waals surface area contributed by atoms with Crippen molar-refractivity contribution in [1.82, 2.24) is 0 Å². The first-order valence-electron chi connectivity index (χ1n) is 12.0. The number of aryl methyl sites for hydroxylation is 1. The van der Waals surface area contributed by atoms with Crippen LogP contribution in [0.1, 0.15) is 46.7 Å². The summed E-state index contributed by atoms with van der Waals surface area (Å²) in [6.07, 6.45) is 2.47. The summed E-state index contributed by atoms with van der Waals surface area (Å²) in [6, 6.07) is 24.8. The zero-order chi connectivity index (χ0) is 25.1. The van der Waals surface area contributed by atoms with Crippen LogP contribution in [0.25, 0.3) is 10.8 Å². The van der Waals surface area contributed by atoms with Gasteiger partial charge in [-0.3, -0.25) is 9.59 Å². The second-order valence-corrected chi connectivity index (χ2v) is 9.30. The second-order valence-electron chi connectivity index (χ2n) is 8.89. The predicted octanol–water partition coefficient (Wildman–Crippen LogP) is 7.44. The van der Waals surface area contributed by atoms with E-state index in [4.69, 9.17) is 21.1 Å². The molecule has 182 valence electrons. The van der Waals surface area contributed by atoms with E-state index in [1.807, 2.05) is 12.1 Å². The molecule has 6 heteroatoms. The lowest BCUT2D eigenvalue weighted by atomic mass is 9.93. The number of hydrogen-bond donors (Lipinski definition) is 1. The van der Waals surface area contributed by atoms with E-state index in [1.54, 1.807) is 36.4 Å². The zero-order valence-electron chi connectivity index (χ0n) is 19.6. The van der Waals surface area contributed by atoms with Crippen molar-refractivity contribution in [2.24, 2.45) is 0 Å². The molecule has 0 amide bonds. The Morgan fingerprint density at radius 2 is 1.78 bits per heavy atom. The molecule has 0 saturated carbocycles. The van der Waals surface area contributed by atoms with E-state index in [2.05, 4.69) is 30.3 Å². The van der Waals surface area contributed by atoms with Gasteiger partial charge in [0.05, 0.1) is 17.5 Å². The first-order valence-corrected chi connectivity index (χ1v) is 12.3. The molecule has 4 aromatic carbocycles. The van der Waals surface area contributed by atoms with Gasteiger partial charge in [0, 0.05) is 23.6 Å². The summed E-state index contributed by atoms with van der Waals surface area (Å²) in [5.41, 5.74) is 2.44. The van der Waals surface area contributed by atoms with Gasteiger partial charge < -0.3 is 14.6 Å². The topological polar surface area (TPSA) is 72.8 Å². The van der Waals surface area contributed by atoms with Gasteiger partial charge in [0.15, 0.2) is 5.78 Å². The van der Waals surface area contributed by atoms with Crippen LogP contribution in [0.2, 0.25) is 5.02 Å². The van der Waals surface area contributed by atoms with Gasteiger partial charge in [0.25, 0.3) is 0 Å². The van der Waals surface area contributed by atoms with Crippen LogP contribution in [0.3, 0.4) is 0 Å². The summed E-state index contributed by atoms with van der Waals surface area (Å²) in [5, 5.41) is 12.2. The average molecular weight is 501 g/mol. The highest BCUT2D eigenvalue weighted by Gasteiger charge is 2.29. The second kappa shape index (κ2) is 10.4. The molecule has 5 nitrogen and oxygen atoms in total. The van der Waals surface area contributed by atoms with Crippen LogP contribution < -0.4 is 9.47 Å². The molecule has 1 atom stereocenters. The molecule has 1 unspecified atom stereocenters. The van der Waals surface area contributed by atoms with E-state index in [0.29, 0.717) is 52.8 Å². The predicted molar refractivity (Wildman–Crippen MR) is 140 cm³/mol. The Kier molecular flexibility index (Phi) is 6.92. The van der Waals surface area contributed by atoms with Gasteiger partial charge in [-0.1, -0.05) is 54.1 Å². The maximum absolute atomic E-state index is 12.7. The van der Waals surface area contributed by atoms with Gasteiger partial charge in [0.2, 0.25) is 0 Å². The number of ketones is 1. The first-order chi connectivity index (χ1) is 17.5. The standard InChI is InChI=1S/C30H25ClO5/c31-26-17-25-24(30(33)34)15-16-35-28(25)18-29(26)36-22-13-11-21(12-14-22)27(32)10-4-8-20-7-3-6-19-5-1-2-9-23(19)20/h1-3,5-7,9,11-14,17-18,24H,4,8,10,15-16H2,(H,33,34). The van der Waals surface area contributed by atoms with Crippen molar-refractivity contribution in [2.45, 2.75) is 31.6 Å². The number of carboxylic acids is 1. The molecule has 0 bridgehead atoms. The number of aliphatic carboxylic acids is 1. The highest BCUT2D eigenvalue weighted by molar-refractivity contribution is 6.32. The quantitative estimate of drug-likeness (QED) is 0.254. The van der Waals surface area contributed by atoms with E-state index >= 15 is 0 Å². The number of carboxylic acid groups (broad SMARTS) is 1. The smallest absolute Gasteiger partial charge is 0.311 e. The molecular formula is C30H25ClO5. The van der Waals surface area contributed by atoms with Gasteiger partial charge in [-0.05, 0) is 65.9 Å². The highest BCUT2D eigenvalue weighted by Crippen LogP contribution is 2.41. The molecule has 5 rings (SSSR count). The van der Waals surface area contributed by atoms with E-state index in [-0.39, 0.29) is 5.78 Å². The Bertz CT molecular complexity index is 1420. The molecule has 1 N–H and O–H groups in total. The molecule has 1 aliphatic heterocycles. The lowest BCUT2D eigenvalue weighted by Crippen LogP contribution is -2.20. The lowest BCUT2D eigenvalue weighted by Gasteiger charge is -2.24. The van der Waals surface area contributed by atoms with Crippen LogP contribution in [0.5, 0.6) is 17.2 Å². The molecule has 0 saturated heterocycles. The molecule has 36 heavy (non-hydrogen) atoms. The SMILES string of the molecule is O=C(CCCc1cccc2ccccc12)c1ccc(Oc2cc3c(cc2Cl)C(C(=O)O)CCO3)cc1.